The fourth-order valence-corrected chi connectivity index (χ4v) is 5.57. The highest BCUT2D eigenvalue weighted by Crippen LogP contribution is 2.48. The molecule has 0 saturated heterocycles. The van der Waals surface area contributed by atoms with E-state index in [1.165, 1.54) is 17.2 Å². The van der Waals surface area contributed by atoms with E-state index in [1.807, 2.05) is 65.8 Å². The average Bonchev–Trinajstić information content (AvgIpc) is 2.72. The summed E-state index contributed by atoms with van der Waals surface area (Å²) >= 11 is 0. The number of carbonyl (C=O) groups is 2. The zero-order valence-corrected chi connectivity index (χ0v) is 23.1. The van der Waals surface area contributed by atoms with Crippen LogP contribution in [0.2, 0.25) is 0 Å². The van der Waals surface area contributed by atoms with Crippen molar-refractivity contribution in [1.82, 2.24) is 0 Å². The fourth-order valence-electron chi connectivity index (χ4n) is 5.57. The van der Waals surface area contributed by atoms with E-state index in [0.717, 1.165) is 24.0 Å². The molecular weight excluding hydrogens is 432 g/mol. The van der Waals surface area contributed by atoms with Crippen LogP contribution in [0.4, 0.5) is 0 Å². The molecule has 0 fully saturated rings. The third-order valence-electron chi connectivity index (χ3n) is 8.06. The van der Waals surface area contributed by atoms with E-state index >= 15 is 0 Å². The monoisotopic (exact) mass is 472 g/mol. The van der Waals surface area contributed by atoms with Crippen molar-refractivity contribution in [2.24, 2.45) is 0 Å². The Morgan fingerprint density at radius 3 is 1.57 bits per heavy atom. The van der Waals surface area contributed by atoms with Crippen LogP contribution < -0.4 is 0 Å². The maximum atomic E-state index is 13.9. The number of hydrogen-bond acceptors (Lipinski definition) is 3. The first-order valence-electron chi connectivity index (χ1n) is 12.7. The highest BCUT2D eigenvalue weighted by molar-refractivity contribution is 6.38. The molecule has 0 unspecified atom stereocenters. The van der Waals surface area contributed by atoms with Crippen molar-refractivity contribution in [3.63, 3.8) is 0 Å². The molecule has 35 heavy (non-hydrogen) atoms. The van der Waals surface area contributed by atoms with Crippen LogP contribution in [-0.4, -0.2) is 16.7 Å². The lowest BCUT2D eigenvalue weighted by molar-refractivity contribution is 0.100. The van der Waals surface area contributed by atoms with Gasteiger partial charge in [-0.1, -0.05) is 69.2 Å². The van der Waals surface area contributed by atoms with Crippen molar-refractivity contribution in [3.8, 4) is 5.75 Å². The second kappa shape index (κ2) is 7.66. The van der Waals surface area contributed by atoms with E-state index in [0.29, 0.717) is 22.3 Å². The van der Waals surface area contributed by atoms with Gasteiger partial charge < -0.3 is 5.11 Å². The molecule has 1 N–H and O–H groups in total. The van der Waals surface area contributed by atoms with Gasteiger partial charge in [-0.3, -0.25) is 9.59 Å². The molecule has 0 saturated carbocycles. The minimum absolute atomic E-state index is 0.0343. The van der Waals surface area contributed by atoms with Crippen molar-refractivity contribution in [3.05, 3.63) is 69.3 Å². The average molecular weight is 473 g/mol. The van der Waals surface area contributed by atoms with Crippen LogP contribution in [0.25, 0.3) is 5.57 Å². The van der Waals surface area contributed by atoms with Gasteiger partial charge in [0.25, 0.3) is 0 Å². The van der Waals surface area contributed by atoms with Crippen LogP contribution in [-0.2, 0) is 21.7 Å². The molecule has 0 radical (unpaired) electrons. The zero-order chi connectivity index (χ0) is 26.3. The third-order valence-corrected chi connectivity index (χ3v) is 8.06. The Hall–Kier alpha value is -2.68. The first-order chi connectivity index (χ1) is 15.8. The van der Waals surface area contributed by atoms with E-state index < -0.39 is 0 Å². The summed E-state index contributed by atoms with van der Waals surface area (Å²) < 4.78 is 0. The van der Waals surface area contributed by atoms with Gasteiger partial charge in [0.2, 0.25) is 0 Å². The summed E-state index contributed by atoms with van der Waals surface area (Å²) in [7, 11) is 0. The van der Waals surface area contributed by atoms with Gasteiger partial charge in [-0.25, -0.2) is 0 Å². The predicted octanol–water partition coefficient (Wildman–Crippen LogP) is 7.80. The predicted molar refractivity (Wildman–Crippen MR) is 144 cm³/mol. The summed E-state index contributed by atoms with van der Waals surface area (Å²) in [5.41, 5.74) is 5.28. The maximum Gasteiger partial charge on any atom is 0.194 e. The normalized spacial score (nSPS) is 19.2. The van der Waals surface area contributed by atoms with E-state index in [4.69, 9.17) is 0 Å². The summed E-state index contributed by atoms with van der Waals surface area (Å²) in [6.07, 6.45) is 3.59. The lowest BCUT2D eigenvalue weighted by atomic mass is 9.62. The van der Waals surface area contributed by atoms with Crippen molar-refractivity contribution >= 4 is 17.1 Å². The summed E-state index contributed by atoms with van der Waals surface area (Å²) in [6, 6.07) is 7.75. The van der Waals surface area contributed by atoms with Crippen molar-refractivity contribution in [2.45, 2.75) is 104 Å². The first-order valence-corrected chi connectivity index (χ1v) is 12.7. The number of rotatable bonds is 1. The Balaban J connectivity index is 1.94. The largest absolute Gasteiger partial charge is 0.507 e. The number of phenolic OH excluding ortho intramolecular Hbond substituents is 1. The van der Waals surface area contributed by atoms with Crippen molar-refractivity contribution < 1.29 is 14.7 Å². The smallest absolute Gasteiger partial charge is 0.194 e. The number of phenols is 1. The number of fused-ring (bicyclic) bond motifs is 2. The molecule has 0 aromatic heterocycles. The molecule has 0 atom stereocenters. The van der Waals surface area contributed by atoms with Crippen LogP contribution in [0.3, 0.4) is 0 Å². The molecule has 2 aromatic rings. The molecule has 3 heteroatoms. The molecule has 4 rings (SSSR count). The van der Waals surface area contributed by atoms with Crippen LogP contribution in [0, 0.1) is 0 Å². The Kier molecular flexibility index (Phi) is 5.56. The molecule has 0 amide bonds. The Morgan fingerprint density at radius 2 is 1.14 bits per heavy atom. The summed E-state index contributed by atoms with van der Waals surface area (Å²) in [4.78, 5) is 27.4. The maximum absolute atomic E-state index is 13.9. The zero-order valence-electron chi connectivity index (χ0n) is 23.1. The third kappa shape index (κ3) is 4.17. The molecule has 2 aliphatic carbocycles. The van der Waals surface area contributed by atoms with E-state index in [9.17, 15) is 14.7 Å². The van der Waals surface area contributed by atoms with Gasteiger partial charge in [-0.2, -0.15) is 0 Å². The lowest BCUT2D eigenvalue weighted by Crippen LogP contribution is -2.35. The number of hydrogen-bond donors (Lipinski definition) is 1. The molecule has 3 nitrogen and oxygen atoms in total. The molecule has 0 heterocycles. The van der Waals surface area contributed by atoms with Crippen molar-refractivity contribution in [2.75, 3.05) is 0 Å². The second-order valence-corrected chi connectivity index (χ2v) is 13.9. The molecule has 2 aromatic carbocycles. The van der Waals surface area contributed by atoms with Crippen LogP contribution in [0.5, 0.6) is 5.75 Å². The minimum Gasteiger partial charge on any atom is -0.507 e. The van der Waals surface area contributed by atoms with E-state index in [1.54, 1.807) is 0 Å². The number of benzene rings is 2. The molecule has 0 aliphatic heterocycles. The van der Waals surface area contributed by atoms with Crippen LogP contribution in [0.15, 0.2) is 30.3 Å². The van der Waals surface area contributed by atoms with Gasteiger partial charge in [0.15, 0.2) is 11.6 Å². The van der Waals surface area contributed by atoms with Crippen LogP contribution >= 0.6 is 0 Å². The van der Waals surface area contributed by atoms with Crippen molar-refractivity contribution in [1.29, 1.82) is 0 Å². The first kappa shape index (κ1) is 25.4. The van der Waals surface area contributed by atoms with Gasteiger partial charge in [-0.15, -0.1) is 0 Å². The number of ketones is 2. The van der Waals surface area contributed by atoms with Gasteiger partial charge in [-0.05, 0) is 81.5 Å². The highest BCUT2D eigenvalue weighted by Gasteiger charge is 2.40. The van der Waals surface area contributed by atoms with Gasteiger partial charge in [0.05, 0.1) is 0 Å². The quantitative estimate of drug-likeness (QED) is 0.461. The molecule has 0 spiro atoms. The second-order valence-electron chi connectivity index (χ2n) is 13.9. The van der Waals surface area contributed by atoms with Gasteiger partial charge in [0.1, 0.15) is 5.75 Å². The standard InChI is InChI=1S/C32H40O3/c1-29(2,3)24-13-18(14-25(28(24)35)30(4,5)6)19-17-26(33)20-15-22-23(16-21(20)27(19)34)32(9,10)12-11-31(22,7)8/h13-17,35H,11-12H2,1-10H3. The Labute approximate surface area is 210 Å². The SMILES string of the molecule is CC(C)(C)c1cc(C2=CC(=O)c3cc4c(cc3C2=O)C(C)(C)CCC4(C)C)cc(C(C)(C)C)c1O. The summed E-state index contributed by atoms with van der Waals surface area (Å²) in [5, 5.41) is 11.1. The molecular formula is C32H40O3. The van der Waals surface area contributed by atoms with E-state index in [-0.39, 0.29) is 39.0 Å². The Morgan fingerprint density at radius 1 is 0.714 bits per heavy atom. The summed E-state index contributed by atoms with van der Waals surface area (Å²) in [5.74, 6) is 0.0219. The van der Waals surface area contributed by atoms with Gasteiger partial charge >= 0.3 is 0 Å². The molecule has 186 valence electrons. The number of aromatic hydroxyl groups is 1. The topological polar surface area (TPSA) is 54.4 Å². The van der Waals surface area contributed by atoms with Gasteiger partial charge in [0, 0.05) is 27.8 Å². The number of carbonyl (C=O) groups excluding carboxylic acids is 2. The lowest BCUT2D eigenvalue weighted by Gasteiger charge is -2.42. The number of Topliss-reactive ketones (excluding diaryl/α,β-unsaturated/α-hetero) is 1. The molecule has 2 aliphatic rings. The highest BCUT2D eigenvalue weighted by atomic mass is 16.3. The fraction of sp³-hybridized carbons (Fsp3) is 0.500. The number of allylic oxidation sites excluding steroid dienone is 2. The van der Waals surface area contributed by atoms with Crippen LogP contribution in [0.1, 0.15) is 131 Å². The molecule has 0 bridgehead atoms. The minimum atomic E-state index is -0.324. The summed E-state index contributed by atoms with van der Waals surface area (Å²) in [6.45, 7) is 21.2. The van der Waals surface area contributed by atoms with E-state index in [2.05, 4.69) is 27.7 Å². The Bertz CT molecular complexity index is 1250.